The second-order valence-corrected chi connectivity index (χ2v) is 3.22. The molecule has 0 aromatic rings. The first-order valence-corrected chi connectivity index (χ1v) is 4.72. The molecule has 1 amide bonds. The van der Waals surface area contributed by atoms with Gasteiger partial charge >= 0.3 is 0 Å². The van der Waals surface area contributed by atoms with Crippen molar-refractivity contribution in [2.24, 2.45) is 0 Å². The fraction of sp³-hybridized carbons (Fsp3) is 0.600. The molecule has 4 nitrogen and oxygen atoms in total. The molecule has 0 N–H and O–H groups in total. The van der Waals surface area contributed by atoms with Gasteiger partial charge in [0.05, 0.1) is 26.2 Å². The highest BCUT2D eigenvalue weighted by Crippen LogP contribution is 2.05. The van der Waals surface area contributed by atoms with Crippen molar-refractivity contribution in [1.29, 1.82) is 0 Å². The molecule has 0 atom stereocenters. The second-order valence-electron chi connectivity index (χ2n) is 3.22. The third kappa shape index (κ3) is 3.30. The third-order valence-electron chi connectivity index (χ3n) is 2.04. The van der Waals surface area contributed by atoms with Gasteiger partial charge in [-0.15, -0.1) is 6.58 Å². The third-order valence-corrected chi connectivity index (χ3v) is 2.04. The van der Waals surface area contributed by atoms with Crippen LogP contribution in [0.1, 0.15) is 12.8 Å². The van der Waals surface area contributed by atoms with Gasteiger partial charge in [0, 0.05) is 6.54 Å². The van der Waals surface area contributed by atoms with Crippen LogP contribution in [0.15, 0.2) is 12.7 Å². The molecule has 0 bridgehead atoms. The van der Waals surface area contributed by atoms with Crippen LogP contribution < -0.4 is 0 Å². The lowest BCUT2D eigenvalue weighted by Crippen LogP contribution is -2.29. The van der Waals surface area contributed by atoms with Crippen molar-refractivity contribution >= 4 is 11.7 Å². The number of ketones is 1. The molecule has 0 radical (unpaired) electrons. The van der Waals surface area contributed by atoms with Crippen molar-refractivity contribution in [3.8, 4) is 0 Å². The van der Waals surface area contributed by atoms with Crippen molar-refractivity contribution in [3.63, 3.8) is 0 Å². The number of hydrogen-bond donors (Lipinski definition) is 0. The molecule has 1 heterocycles. The van der Waals surface area contributed by atoms with Gasteiger partial charge in [-0.3, -0.25) is 9.59 Å². The molecule has 0 unspecified atom stereocenters. The van der Waals surface area contributed by atoms with Crippen molar-refractivity contribution in [3.05, 3.63) is 12.7 Å². The Morgan fingerprint density at radius 3 is 2.79 bits per heavy atom. The van der Waals surface area contributed by atoms with E-state index >= 15 is 0 Å². The van der Waals surface area contributed by atoms with Gasteiger partial charge < -0.3 is 9.64 Å². The summed E-state index contributed by atoms with van der Waals surface area (Å²) < 4.78 is 5.24. The van der Waals surface area contributed by atoms with Crippen LogP contribution in [0, 0.1) is 0 Å². The van der Waals surface area contributed by atoms with Gasteiger partial charge in [0.25, 0.3) is 0 Å². The molecular weight excluding hydrogens is 182 g/mol. The summed E-state index contributed by atoms with van der Waals surface area (Å²) in [7, 11) is 0. The van der Waals surface area contributed by atoms with Crippen LogP contribution in [0.3, 0.4) is 0 Å². The van der Waals surface area contributed by atoms with Crippen molar-refractivity contribution in [1.82, 2.24) is 4.90 Å². The van der Waals surface area contributed by atoms with Crippen molar-refractivity contribution in [2.75, 3.05) is 26.3 Å². The molecule has 0 aromatic carbocycles. The quantitative estimate of drug-likeness (QED) is 0.351. The van der Waals surface area contributed by atoms with E-state index in [1.54, 1.807) is 6.08 Å². The maximum atomic E-state index is 11.1. The molecular formula is C10H15NO3. The zero-order chi connectivity index (χ0) is 10.4. The van der Waals surface area contributed by atoms with Crippen LogP contribution in [-0.4, -0.2) is 42.9 Å². The SMILES string of the molecule is C=CCCOCCN1CC(=O)CC1=O. The number of ether oxygens (including phenoxy) is 1. The minimum Gasteiger partial charge on any atom is -0.379 e. The Morgan fingerprint density at radius 1 is 1.43 bits per heavy atom. The highest BCUT2D eigenvalue weighted by molar-refractivity contribution is 6.05. The minimum atomic E-state index is -0.0812. The number of rotatable bonds is 6. The average molecular weight is 197 g/mol. The Bertz CT molecular complexity index is 238. The summed E-state index contributed by atoms with van der Waals surface area (Å²) in [6.07, 6.45) is 2.66. The Kier molecular flexibility index (Phi) is 4.32. The van der Waals surface area contributed by atoms with Crippen LogP contribution in [0.5, 0.6) is 0 Å². The fourth-order valence-electron chi connectivity index (χ4n) is 1.28. The maximum Gasteiger partial charge on any atom is 0.230 e. The van der Waals surface area contributed by atoms with E-state index in [0.717, 1.165) is 6.42 Å². The number of nitrogens with zero attached hydrogens (tertiary/aromatic N) is 1. The zero-order valence-corrected chi connectivity index (χ0v) is 8.20. The number of hydrogen-bond acceptors (Lipinski definition) is 3. The van der Waals surface area contributed by atoms with Gasteiger partial charge in [0.2, 0.25) is 5.91 Å². The lowest BCUT2D eigenvalue weighted by atomic mass is 10.3. The molecule has 1 rings (SSSR count). The predicted octanol–water partition coefficient (Wildman–Crippen LogP) is 0.381. The molecule has 0 spiro atoms. The molecule has 1 aliphatic heterocycles. The predicted molar refractivity (Wildman–Crippen MR) is 51.8 cm³/mol. The van der Waals surface area contributed by atoms with Gasteiger partial charge in [-0.2, -0.15) is 0 Å². The fourth-order valence-corrected chi connectivity index (χ4v) is 1.28. The van der Waals surface area contributed by atoms with Gasteiger partial charge in [-0.1, -0.05) is 6.08 Å². The number of likely N-dealkylation sites (tertiary alicyclic amines) is 1. The summed E-state index contributed by atoms with van der Waals surface area (Å²) in [6.45, 7) is 5.46. The molecule has 14 heavy (non-hydrogen) atoms. The first-order valence-electron chi connectivity index (χ1n) is 4.72. The summed E-state index contributed by atoms with van der Waals surface area (Å²) in [5, 5.41) is 0. The lowest BCUT2D eigenvalue weighted by Gasteiger charge is -2.13. The first kappa shape index (κ1) is 10.9. The van der Waals surface area contributed by atoms with Crippen LogP contribution in [0.4, 0.5) is 0 Å². The molecule has 78 valence electrons. The van der Waals surface area contributed by atoms with Crippen LogP contribution in [0.25, 0.3) is 0 Å². The van der Waals surface area contributed by atoms with E-state index in [0.29, 0.717) is 19.8 Å². The topological polar surface area (TPSA) is 46.6 Å². The van der Waals surface area contributed by atoms with E-state index in [9.17, 15) is 9.59 Å². The van der Waals surface area contributed by atoms with Crippen LogP contribution in [-0.2, 0) is 14.3 Å². The highest BCUT2D eigenvalue weighted by atomic mass is 16.5. The van der Waals surface area contributed by atoms with E-state index < -0.39 is 0 Å². The Labute approximate surface area is 83.5 Å². The van der Waals surface area contributed by atoms with Crippen LogP contribution in [0.2, 0.25) is 0 Å². The molecule has 1 fully saturated rings. The van der Waals surface area contributed by atoms with Crippen molar-refractivity contribution in [2.45, 2.75) is 12.8 Å². The Morgan fingerprint density at radius 2 is 2.21 bits per heavy atom. The summed E-state index contributed by atoms with van der Waals surface area (Å²) in [4.78, 5) is 23.6. The summed E-state index contributed by atoms with van der Waals surface area (Å²) >= 11 is 0. The first-order chi connectivity index (χ1) is 6.74. The van der Waals surface area contributed by atoms with Crippen LogP contribution >= 0.6 is 0 Å². The largest absolute Gasteiger partial charge is 0.379 e. The number of carbonyl (C=O) groups is 2. The molecule has 4 heteroatoms. The molecule has 1 saturated heterocycles. The lowest BCUT2D eigenvalue weighted by molar-refractivity contribution is -0.128. The summed E-state index contributed by atoms with van der Waals surface area (Å²) in [5.41, 5.74) is 0. The monoisotopic (exact) mass is 197 g/mol. The van der Waals surface area contributed by atoms with Gasteiger partial charge in [-0.05, 0) is 6.42 Å². The van der Waals surface area contributed by atoms with E-state index in [1.165, 1.54) is 4.90 Å². The molecule has 0 aromatic heterocycles. The molecule has 0 aliphatic carbocycles. The van der Waals surface area contributed by atoms with Gasteiger partial charge in [0.1, 0.15) is 0 Å². The maximum absolute atomic E-state index is 11.1. The van der Waals surface area contributed by atoms with Gasteiger partial charge in [-0.25, -0.2) is 0 Å². The highest BCUT2D eigenvalue weighted by Gasteiger charge is 2.26. The standard InChI is InChI=1S/C10H15NO3/c1-2-3-5-14-6-4-11-8-9(12)7-10(11)13/h2H,1,3-8H2. The molecule has 0 saturated carbocycles. The average Bonchev–Trinajstić information content (AvgIpc) is 2.45. The number of amides is 1. The Balaban J connectivity index is 2.09. The smallest absolute Gasteiger partial charge is 0.230 e. The minimum absolute atomic E-state index is 0.00101. The van der Waals surface area contributed by atoms with E-state index in [-0.39, 0.29) is 24.7 Å². The second kappa shape index (κ2) is 5.54. The number of Topliss-reactive ketones (excluding diaryl/α,β-unsaturated/α-hetero) is 1. The van der Waals surface area contributed by atoms with E-state index in [4.69, 9.17) is 4.74 Å². The normalized spacial score (nSPS) is 16.4. The van der Waals surface area contributed by atoms with Crippen molar-refractivity contribution < 1.29 is 14.3 Å². The van der Waals surface area contributed by atoms with E-state index in [2.05, 4.69) is 6.58 Å². The molecule has 1 aliphatic rings. The summed E-state index contributed by atoms with van der Waals surface area (Å²) in [5.74, 6) is -0.0802. The zero-order valence-electron chi connectivity index (χ0n) is 8.20. The van der Waals surface area contributed by atoms with Gasteiger partial charge in [0.15, 0.2) is 5.78 Å². The number of carbonyl (C=O) groups excluding carboxylic acids is 2. The summed E-state index contributed by atoms with van der Waals surface area (Å²) in [6, 6.07) is 0. The Hall–Kier alpha value is -1.16. The van der Waals surface area contributed by atoms with E-state index in [1.807, 2.05) is 0 Å².